The number of carbonyl (C=O) groups is 3. The minimum absolute atomic E-state index is 0.00215. The van der Waals surface area contributed by atoms with Gasteiger partial charge in [-0.05, 0) is 49.8 Å². The number of fused-ring (bicyclic) bond motifs is 5. The van der Waals surface area contributed by atoms with Crippen LogP contribution in [0.5, 0.6) is 0 Å². The average Bonchev–Trinajstić information content (AvgIpc) is 3.17. The SMILES string of the molecule is C[C@@H]1CC2C3C[C@H](F)C4=CC(=O)C=C[C@]4(C)[C@@]3(F)[C@@H](O)C[C@]2(C)[C@@]1(OC(=O)C1C(C)(C)C1(Cl)Cl)C(=O)SCC#N. The first-order chi connectivity index (χ1) is 18.4. The van der Waals surface area contributed by atoms with Gasteiger partial charge in [-0.2, -0.15) is 5.26 Å². The predicted molar refractivity (Wildman–Crippen MR) is 147 cm³/mol. The number of rotatable bonds is 4. The molecule has 0 saturated heterocycles. The molecule has 0 aliphatic heterocycles. The van der Waals surface area contributed by atoms with Crippen molar-refractivity contribution in [1.29, 1.82) is 5.26 Å². The Morgan fingerprint density at radius 2 is 1.85 bits per heavy atom. The van der Waals surface area contributed by atoms with E-state index in [1.807, 2.05) is 6.07 Å². The zero-order valence-corrected chi connectivity index (χ0v) is 25.3. The van der Waals surface area contributed by atoms with Crippen molar-refractivity contribution in [2.24, 2.45) is 39.9 Å². The molecule has 0 radical (unpaired) electrons. The maximum atomic E-state index is 17.5. The highest BCUT2D eigenvalue weighted by atomic mass is 35.5. The van der Waals surface area contributed by atoms with E-state index < -0.39 is 84.7 Å². The van der Waals surface area contributed by atoms with Crippen LogP contribution in [0.25, 0.3) is 0 Å². The van der Waals surface area contributed by atoms with Crippen LogP contribution in [-0.4, -0.2) is 55.6 Å². The molecule has 0 heterocycles. The molecule has 40 heavy (non-hydrogen) atoms. The molecule has 10 atom stereocenters. The number of nitriles is 1. The molecule has 3 unspecified atom stereocenters. The van der Waals surface area contributed by atoms with E-state index in [-0.39, 0.29) is 30.6 Å². The molecule has 4 saturated carbocycles. The zero-order valence-electron chi connectivity index (χ0n) is 23.0. The number of esters is 1. The summed E-state index contributed by atoms with van der Waals surface area (Å²) in [5.41, 5.74) is -7.89. The lowest BCUT2D eigenvalue weighted by molar-refractivity contribution is -0.229. The van der Waals surface area contributed by atoms with Crippen molar-refractivity contribution in [3.63, 3.8) is 0 Å². The van der Waals surface area contributed by atoms with Crippen LogP contribution >= 0.6 is 35.0 Å². The summed E-state index contributed by atoms with van der Waals surface area (Å²) >= 11 is 13.5. The molecule has 0 amide bonds. The molecule has 0 aromatic heterocycles. The molecular weight excluding hydrogens is 583 g/mol. The number of hydrogen-bond donors (Lipinski definition) is 1. The first-order valence-corrected chi connectivity index (χ1v) is 15.2. The van der Waals surface area contributed by atoms with Gasteiger partial charge in [0.2, 0.25) is 5.12 Å². The maximum Gasteiger partial charge on any atom is 0.313 e. The monoisotopic (exact) mass is 615 g/mol. The van der Waals surface area contributed by atoms with Gasteiger partial charge in [0, 0.05) is 28.1 Å². The van der Waals surface area contributed by atoms with Gasteiger partial charge in [0.1, 0.15) is 10.5 Å². The van der Waals surface area contributed by atoms with Gasteiger partial charge < -0.3 is 9.84 Å². The Labute approximate surface area is 246 Å². The van der Waals surface area contributed by atoms with E-state index >= 15 is 8.78 Å². The van der Waals surface area contributed by atoms with Crippen molar-refractivity contribution in [2.75, 3.05) is 5.75 Å². The molecule has 218 valence electrons. The van der Waals surface area contributed by atoms with Crippen LogP contribution in [0.3, 0.4) is 0 Å². The van der Waals surface area contributed by atoms with Crippen molar-refractivity contribution in [2.45, 2.75) is 81.8 Å². The Morgan fingerprint density at radius 1 is 1.23 bits per heavy atom. The number of ether oxygens (including phenoxy) is 1. The highest BCUT2D eigenvalue weighted by Gasteiger charge is 2.80. The molecule has 0 aromatic carbocycles. The molecule has 5 aliphatic rings. The van der Waals surface area contributed by atoms with Gasteiger partial charge in [-0.3, -0.25) is 14.4 Å². The van der Waals surface area contributed by atoms with Crippen LogP contribution in [0.15, 0.2) is 23.8 Å². The Hall–Kier alpha value is -1.47. The van der Waals surface area contributed by atoms with E-state index in [1.165, 1.54) is 19.1 Å². The molecule has 6 nitrogen and oxygen atoms in total. The lowest BCUT2D eigenvalue weighted by Crippen LogP contribution is -2.70. The summed E-state index contributed by atoms with van der Waals surface area (Å²) in [6, 6.07) is 1.92. The summed E-state index contributed by atoms with van der Waals surface area (Å²) in [7, 11) is 0. The molecule has 5 rings (SSSR count). The van der Waals surface area contributed by atoms with Crippen LogP contribution in [0.4, 0.5) is 8.78 Å². The maximum absolute atomic E-state index is 17.5. The number of allylic oxidation sites excluding steroid dienone is 4. The number of hydrogen-bond acceptors (Lipinski definition) is 7. The summed E-state index contributed by atoms with van der Waals surface area (Å²) in [5.74, 6) is -4.71. The summed E-state index contributed by atoms with van der Waals surface area (Å²) in [6.45, 7) is 8.33. The fourth-order valence-corrected chi connectivity index (χ4v) is 10.5. The number of thioether (sulfide) groups is 1. The molecular formula is C29H33Cl2F2NO5S. The van der Waals surface area contributed by atoms with Gasteiger partial charge in [0.15, 0.2) is 17.1 Å². The quantitative estimate of drug-likeness (QED) is 0.331. The van der Waals surface area contributed by atoms with Crippen LogP contribution in [-0.2, 0) is 19.1 Å². The van der Waals surface area contributed by atoms with E-state index in [1.54, 1.807) is 27.7 Å². The van der Waals surface area contributed by atoms with Gasteiger partial charge in [-0.15, -0.1) is 23.2 Å². The van der Waals surface area contributed by atoms with E-state index in [0.29, 0.717) is 11.8 Å². The van der Waals surface area contributed by atoms with Gasteiger partial charge >= 0.3 is 5.97 Å². The van der Waals surface area contributed by atoms with Crippen LogP contribution < -0.4 is 0 Å². The normalized spacial score (nSPS) is 47.7. The second kappa shape index (κ2) is 9.02. The fourth-order valence-electron chi connectivity index (χ4n) is 8.74. The molecule has 11 heteroatoms. The third-order valence-corrected chi connectivity index (χ3v) is 13.3. The number of ketones is 1. The van der Waals surface area contributed by atoms with E-state index in [2.05, 4.69) is 0 Å². The molecule has 0 aromatic rings. The first-order valence-electron chi connectivity index (χ1n) is 13.5. The number of halogens is 4. The first kappa shape index (κ1) is 30.0. The van der Waals surface area contributed by atoms with Gasteiger partial charge in [0.05, 0.1) is 23.8 Å². The predicted octanol–water partition coefficient (Wildman–Crippen LogP) is 5.45. The van der Waals surface area contributed by atoms with Crippen LogP contribution in [0.1, 0.15) is 53.9 Å². The second-order valence-corrected chi connectivity index (χ2v) is 15.5. The van der Waals surface area contributed by atoms with Gasteiger partial charge in [-0.25, -0.2) is 8.78 Å². The summed E-state index contributed by atoms with van der Waals surface area (Å²) in [4.78, 5) is 39.7. The zero-order chi connectivity index (χ0) is 29.8. The summed E-state index contributed by atoms with van der Waals surface area (Å²) < 4.78 is 38.1. The number of aliphatic hydroxyl groups excluding tert-OH is 1. The van der Waals surface area contributed by atoms with Crippen molar-refractivity contribution in [3.05, 3.63) is 23.8 Å². The third kappa shape index (κ3) is 3.46. The molecule has 0 bridgehead atoms. The fraction of sp³-hybridized carbons (Fsp3) is 0.724. The minimum Gasteiger partial charge on any atom is -0.449 e. The van der Waals surface area contributed by atoms with Crippen molar-refractivity contribution in [1.82, 2.24) is 0 Å². The van der Waals surface area contributed by atoms with E-state index in [4.69, 9.17) is 27.9 Å². The standard InChI is InChI=1S/C29H33Cl2F2NO5S/c1-14-10-16-17-12-19(32)18-11-15(35)6-7-25(18,4)27(17,33)20(36)13-26(16,5)28(14,23(38)40-9-8-34)39-22(37)21-24(2,3)29(21,30)31/h6-7,11,14,16-17,19-21,36H,9-10,12-13H2,1-5H3/t14-,16?,17?,19+,20+,21?,25+,26+,27+,28+/m1/s1. The Kier molecular flexibility index (Phi) is 6.76. The lowest BCUT2D eigenvalue weighted by Gasteiger charge is -2.63. The van der Waals surface area contributed by atoms with Crippen molar-refractivity contribution in [3.8, 4) is 6.07 Å². The molecule has 0 spiro atoms. The number of aliphatic hydroxyl groups is 1. The smallest absolute Gasteiger partial charge is 0.313 e. The largest absolute Gasteiger partial charge is 0.449 e. The second-order valence-electron chi connectivity index (χ2n) is 13.2. The van der Waals surface area contributed by atoms with Crippen LogP contribution in [0, 0.1) is 51.2 Å². The number of nitrogens with zero attached hydrogens (tertiary/aromatic N) is 1. The number of alkyl halides is 4. The van der Waals surface area contributed by atoms with E-state index in [0.717, 1.165) is 6.08 Å². The highest BCUT2D eigenvalue weighted by molar-refractivity contribution is 8.14. The summed E-state index contributed by atoms with van der Waals surface area (Å²) in [5, 5.41) is 20.3. The Balaban J connectivity index is 1.62. The van der Waals surface area contributed by atoms with E-state index in [9.17, 15) is 24.8 Å². The Morgan fingerprint density at radius 3 is 2.42 bits per heavy atom. The highest BCUT2D eigenvalue weighted by Crippen LogP contribution is 2.73. The lowest BCUT2D eigenvalue weighted by atomic mass is 9.44. The molecule has 4 fully saturated rings. The molecule has 5 aliphatic carbocycles. The van der Waals surface area contributed by atoms with Gasteiger partial charge in [0.25, 0.3) is 0 Å². The molecule has 1 N–H and O–H groups in total. The summed E-state index contributed by atoms with van der Waals surface area (Å²) in [6.07, 6.45) is 0.0238. The van der Waals surface area contributed by atoms with Crippen LogP contribution in [0.2, 0.25) is 0 Å². The topological polar surface area (TPSA) is 104 Å². The third-order valence-electron chi connectivity index (χ3n) is 11.1. The van der Waals surface area contributed by atoms with Gasteiger partial charge in [-0.1, -0.05) is 45.5 Å². The van der Waals surface area contributed by atoms with Crippen molar-refractivity contribution < 1.29 is 33.0 Å². The number of carbonyl (C=O) groups excluding carboxylic acids is 3. The van der Waals surface area contributed by atoms with Crippen molar-refractivity contribution >= 4 is 51.8 Å². The Bertz CT molecular complexity index is 1280. The average molecular weight is 617 g/mol. The minimum atomic E-state index is -2.34.